The van der Waals surface area contributed by atoms with Crippen LogP contribution in [0, 0.1) is 0 Å². The van der Waals surface area contributed by atoms with Crippen molar-refractivity contribution >= 4 is 27.4 Å². The van der Waals surface area contributed by atoms with E-state index in [2.05, 4.69) is 20.3 Å². The molecule has 0 unspecified atom stereocenters. The average molecular weight is 673 g/mol. The van der Waals surface area contributed by atoms with Gasteiger partial charge in [-0.3, -0.25) is 0 Å². The summed E-state index contributed by atoms with van der Waals surface area (Å²) < 4.78 is 111. The second kappa shape index (κ2) is 14.1. The van der Waals surface area contributed by atoms with E-state index in [1.807, 2.05) is 14.1 Å². The molecule has 3 N–H and O–H groups in total. The Morgan fingerprint density at radius 2 is 1.29 bits per heavy atom. The Kier molecular flexibility index (Phi) is 10.8. The third-order valence-electron chi connectivity index (χ3n) is 7.80. The van der Waals surface area contributed by atoms with Gasteiger partial charge in [-0.25, -0.2) is 13.1 Å². The largest absolute Gasteiger partial charge is 0.416 e. The number of thiocarbonyl (C=S) groups is 1. The molecule has 0 spiro atoms. The number of halogens is 6. The molecule has 0 bridgehead atoms. The number of likely N-dealkylation sites (N-methyl/N-ethyl adjacent to an activating group) is 1. The Hall–Kier alpha value is -3.20. The highest BCUT2D eigenvalue weighted by Crippen LogP contribution is 2.38. The Labute approximate surface area is 264 Å². The van der Waals surface area contributed by atoms with Gasteiger partial charge in [0.05, 0.1) is 28.1 Å². The predicted octanol–water partition coefficient (Wildman–Crippen LogP) is 6.82. The molecule has 1 saturated carbocycles. The Bertz CT molecular complexity index is 1520. The van der Waals surface area contributed by atoms with E-state index >= 15 is 0 Å². The molecule has 0 radical (unpaired) electrons. The van der Waals surface area contributed by atoms with Crippen molar-refractivity contribution in [2.45, 2.75) is 67.1 Å². The Morgan fingerprint density at radius 3 is 1.78 bits per heavy atom. The molecule has 4 rings (SSSR count). The molecule has 6 nitrogen and oxygen atoms in total. The van der Waals surface area contributed by atoms with Crippen LogP contribution in [0.1, 0.15) is 60.0 Å². The summed E-state index contributed by atoms with van der Waals surface area (Å²) in [7, 11) is -1.01. The molecular weight excluding hydrogens is 638 g/mol. The molecule has 0 saturated heterocycles. The minimum Gasteiger partial charge on any atom is -0.358 e. The molecule has 3 aromatic carbocycles. The molecule has 14 heteroatoms. The summed E-state index contributed by atoms with van der Waals surface area (Å²) in [5.41, 5.74) is -2.50. The van der Waals surface area contributed by atoms with E-state index in [1.54, 1.807) is 60.7 Å². The van der Waals surface area contributed by atoms with Crippen LogP contribution < -0.4 is 15.4 Å². The van der Waals surface area contributed by atoms with Gasteiger partial charge in [0.2, 0.25) is 10.0 Å². The Balaban J connectivity index is 1.76. The van der Waals surface area contributed by atoms with Crippen molar-refractivity contribution in [3.8, 4) is 0 Å². The summed E-state index contributed by atoms with van der Waals surface area (Å²) in [6, 6.07) is 15.2. The van der Waals surface area contributed by atoms with Crippen LogP contribution in [0.3, 0.4) is 0 Å². The summed E-state index contributed by atoms with van der Waals surface area (Å²) in [6.45, 7) is 0. The molecule has 0 aliphatic heterocycles. The van der Waals surface area contributed by atoms with Gasteiger partial charge in [0.15, 0.2) is 5.11 Å². The van der Waals surface area contributed by atoms with Crippen molar-refractivity contribution < 1.29 is 34.8 Å². The van der Waals surface area contributed by atoms with Gasteiger partial charge in [-0.15, -0.1) is 0 Å². The first-order valence-electron chi connectivity index (χ1n) is 14.2. The molecule has 1 aliphatic rings. The van der Waals surface area contributed by atoms with Gasteiger partial charge in [-0.05, 0) is 68.5 Å². The molecule has 3 aromatic rings. The molecule has 244 valence electrons. The van der Waals surface area contributed by atoms with Crippen LogP contribution in [0.25, 0.3) is 0 Å². The minimum absolute atomic E-state index is 0.00272. The topological polar surface area (TPSA) is 73.5 Å². The van der Waals surface area contributed by atoms with Crippen LogP contribution in [-0.2, 0) is 22.4 Å². The van der Waals surface area contributed by atoms with E-state index in [9.17, 15) is 34.8 Å². The molecule has 0 aromatic heterocycles. The second-order valence-electron chi connectivity index (χ2n) is 11.2. The van der Waals surface area contributed by atoms with Crippen LogP contribution in [0.5, 0.6) is 0 Å². The maximum atomic E-state index is 13.7. The van der Waals surface area contributed by atoms with E-state index in [-0.39, 0.29) is 35.4 Å². The maximum Gasteiger partial charge on any atom is 0.416 e. The summed E-state index contributed by atoms with van der Waals surface area (Å²) in [4.78, 5) is 0.938. The number of hydrogen-bond donors (Lipinski definition) is 3. The highest BCUT2D eigenvalue weighted by molar-refractivity contribution is 7.89. The van der Waals surface area contributed by atoms with Crippen molar-refractivity contribution in [3.63, 3.8) is 0 Å². The lowest BCUT2D eigenvalue weighted by Gasteiger charge is -2.38. The van der Waals surface area contributed by atoms with Crippen LogP contribution in [0.15, 0.2) is 83.8 Å². The molecule has 0 heterocycles. The number of hydrogen-bond acceptors (Lipinski definition) is 4. The van der Waals surface area contributed by atoms with Crippen molar-refractivity contribution in [1.29, 1.82) is 0 Å². The molecule has 1 aliphatic carbocycles. The van der Waals surface area contributed by atoms with Gasteiger partial charge in [0.25, 0.3) is 0 Å². The summed E-state index contributed by atoms with van der Waals surface area (Å²) in [6.07, 6.45) is -6.57. The zero-order chi connectivity index (χ0) is 33.0. The number of benzene rings is 3. The van der Waals surface area contributed by atoms with Crippen molar-refractivity contribution in [2.75, 3.05) is 14.1 Å². The van der Waals surface area contributed by atoms with Gasteiger partial charge in [0.1, 0.15) is 0 Å². The number of alkyl halides is 6. The van der Waals surface area contributed by atoms with Crippen LogP contribution in [-0.4, -0.2) is 44.6 Å². The van der Waals surface area contributed by atoms with Gasteiger partial charge in [-0.1, -0.05) is 73.5 Å². The summed E-state index contributed by atoms with van der Waals surface area (Å²) in [5, 5.41) is 6.77. The monoisotopic (exact) mass is 672 g/mol. The van der Waals surface area contributed by atoms with E-state index in [4.69, 9.17) is 12.2 Å². The van der Waals surface area contributed by atoms with E-state index in [0.29, 0.717) is 11.1 Å². The van der Waals surface area contributed by atoms with Crippen LogP contribution in [0.4, 0.5) is 26.3 Å². The Morgan fingerprint density at radius 1 is 0.800 bits per heavy atom. The van der Waals surface area contributed by atoms with E-state index < -0.39 is 50.5 Å². The lowest BCUT2D eigenvalue weighted by Crippen LogP contribution is -2.54. The summed E-state index contributed by atoms with van der Waals surface area (Å²) >= 11 is 5.70. The van der Waals surface area contributed by atoms with Crippen LogP contribution in [0.2, 0.25) is 0 Å². The van der Waals surface area contributed by atoms with Crippen LogP contribution >= 0.6 is 12.2 Å². The highest BCUT2D eigenvalue weighted by Gasteiger charge is 2.39. The lowest BCUT2D eigenvalue weighted by molar-refractivity contribution is -0.143. The first-order chi connectivity index (χ1) is 21.1. The number of nitrogens with zero attached hydrogens (tertiary/aromatic N) is 1. The molecule has 1 fully saturated rings. The fraction of sp³-hybridized carbons (Fsp3) is 0.387. The third kappa shape index (κ3) is 8.96. The lowest BCUT2D eigenvalue weighted by atomic mass is 9.89. The zero-order valence-electron chi connectivity index (χ0n) is 24.5. The zero-order valence-corrected chi connectivity index (χ0v) is 26.1. The molecule has 45 heavy (non-hydrogen) atoms. The van der Waals surface area contributed by atoms with E-state index in [1.165, 1.54) is 0 Å². The molecule has 0 amide bonds. The van der Waals surface area contributed by atoms with Gasteiger partial charge in [0, 0.05) is 12.1 Å². The SMILES string of the molecule is CN(C)[C@H]1CCCC[C@@H]1NC(=S)N[C@H](c1ccccc1)[C@H](NS(=O)(=O)c1cc(C(F)(F)F)cc(C(F)(F)F)c1)c1ccccc1. The predicted molar refractivity (Wildman–Crippen MR) is 164 cm³/mol. The average Bonchev–Trinajstić information content (AvgIpc) is 2.99. The first kappa shape index (κ1) is 34.7. The fourth-order valence-corrected chi connectivity index (χ4v) is 7.16. The fourth-order valence-electron chi connectivity index (χ4n) is 5.57. The van der Waals surface area contributed by atoms with Gasteiger partial charge < -0.3 is 15.5 Å². The normalized spacial score (nSPS) is 19.1. The maximum absolute atomic E-state index is 13.7. The quantitative estimate of drug-likeness (QED) is 0.171. The third-order valence-corrected chi connectivity index (χ3v) is 9.46. The highest BCUT2D eigenvalue weighted by atomic mass is 32.2. The standard InChI is InChI=1S/C31H34F6N4O2S2/c1-41(2)26-16-10-9-15-25(26)38-29(44)39-27(20-11-5-3-6-12-20)28(21-13-7-4-8-14-21)40-45(42,43)24-18-22(30(32,33)34)17-23(19-24)31(35,36)37/h3-8,11-14,17-19,25-28,40H,9-10,15-16H2,1-2H3,(H2,38,39,44)/t25-,26-,27+,28+/m0/s1. The van der Waals surface area contributed by atoms with E-state index in [0.717, 1.165) is 25.7 Å². The smallest absolute Gasteiger partial charge is 0.358 e. The summed E-state index contributed by atoms with van der Waals surface area (Å²) in [5.74, 6) is 0. The molecule has 4 atom stereocenters. The number of nitrogens with one attached hydrogen (secondary N) is 3. The first-order valence-corrected chi connectivity index (χ1v) is 16.1. The molecular formula is C31H34F6N4O2S2. The minimum atomic E-state index is -5.22. The second-order valence-corrected chi connectivity index (χ2v) is 13.3. The van der Waals surface area contributed by atoms with Gasteiger partial charge in [-0.2, -0.15) is 26.3 Å². The number of sulfonamides is 1. The van der Waals surface area contributed by atoms with Crippen molar-refractivity contribution in [1.82, 2.24) is 20.3 Å². The van der Waals surface area contributed by atoms with Crippen molar-refractivity contribution in [3.05, 3.63) is 101 Å². The number of rotatable bonds is 9. The van der Waals surface area contributed by atoms with Crippen molar-refractivity contribution in [2.24, 2.45) is 0 Å². The van der Waals surface area contributed by atoms with Gasteiger partial charge >= 0.3 is 12.4 Å².